The zero-order valence-corrected chi connectivity index (χ0v) is 10.9. The average Bonchev–Trinajstić information content (AvgIpc) is 2.52. The largest absolute Gasteiger partial charge is 0.454 e. The molecular formula is C16H10FN3O. The van der Waals surface area contributed by atoms with Crippen LogP contribution in [0.3, 0.4) is 0 Å². The molecule has 0 saturated heterocycles. The van der Waals surface area contributed by atoms with Crippen LogP contribution in [-0.4, -0.2) is 4.98 Å². The Bertz CT molecular complexity index is 871. The van der Waals surface area contributed by atoms with Crippen molar-refractivity contribution in [1.82, 2.24) is 4.98 Å². The fourth-order valence-corrected chi connectivity index (χ4v) is 2.05. The van der Waals surface area contributed by atoms with Gasteiger partial charge in [-0.05, 0) is 36.4 Å². The first-order chi connectivity index (χ1) is 10.2. The molecule has 0 aliphatic carbocycles. The number of aromatic nitrogens is 1. The van der Waals surface area contributed by atoms with Crippen LogP contribution in [0.1, 0.15) is 5.56 Å². The third-order valence-electron chi connectivity index (χ3n) is 3.09. The van der Waals surface area contributed by atoms with Gasteiger partial charge in [0.15, 0.2) is 11.6 Å². The number of nitrogen functional groups attached to an aromatic ring is 1. The van der Waals surface area contributed by atoms with E-state index in [-0.39, 0.29) is 11.3 Å². The molecule has 4 nitrogen and oxygen atoms in total. The lowest BCUT2D eigenvalue weighted by Gasteiger charge is -2.11. The van der Waals surface area contributed by atoms with Gasteiger partial charge in [-0.25, -0.2) is 4.39 Å². The second-order valence-corrected chi connectivity index (χ2v) is 4.43. The molecule has 3 aromatic rings. The maximum atomic E-state index is 13.9. The number of nitrogens with two attached hydrogens (primary N) is 1. The molecule has 0 aliphatic rings. The lowest BCUT2D eigenvalue weighted by atomic mass is 10.1. The van der Waals surface area contributed by atoms with Gasteiger partial charge in [-0.2, -0.15) is 5.26 Å². The Hall–Kier alpha value is -3.13. The highest BCUT2D eigenvalue weighted by atomic mass is 19.1. The van der Waals surface area contributed by atoms with Crippen LogP contribution in [-0.2, 0) is 0 Å². The first-order valence-electron chi connectivity index (χ1n) is 6.19. The highest BCUT2D eigenvalue weighted by molar-refractivity contribution is 5.96. The van der Waals surface area contributed by atoms with Crippen molar-refractivity contribution in [2.24, 2.45) is 0 Å². The molecule has 0 saturated carbocycles. The average molecular weight is 279 g/mol. The van der Waals surface area contributed by atoms with Crippen LogP contribution >= 0.6 is 0 Å². The van der Waals surface area contributed by atoms with E-state index in [9.17, 15) is 4.39 Å². The SMILES string of the molecule is N#Cc1ccc(Oc2ccc(N)c3cnccc23)c(F)c1. The monoisotopic (exact) mass is 279 g/mol. The van der Waals surface area contributed by atoms with E-state index in [0.29, 0.717) is 11.4 Å². The summed E-state index contributed by atoms with van der Waals surface area (Å²) in [5, 5.41) is 10.2. The van der Waals surface area contributed by atoms with Crippen molar-refractivity contribution < 1.29 is 9.13 Å². The Kier molecular flexibility index (Phi) is 3.13. The summed E-state index contributed by atoms with van der Waals surface area (Å²) in [5.41, 5.74) is 6.70. The van der Waals surface area contributed by atoms with Crippen molar-refractivity contribution in [2.75, 3.05) is 5.73 Å². The maximum absolute atomic E-state index is 13.9. The molecule has 1 heterocycles. The summed E-state index contributed by atoms with van der Waals surface area (Å²) in [7, 11) is 0. The summed E-state index contributed by atoms with van der Waals surface area (Å²) in [5.74, 6) is -0.0600. The molecule has 3 rings (SSSR count). The minimum atomic E-state index is -0.590. The number of nitriles is 1. The first-order valence-corrected chi connectivity index (χ1v) is 6.19. The van der Waals surface area contributed by atoms with E-state index in [2.05, 4.69) is 4.98 Å². The molecule has 0 atom stereocenters. The quantitative estimate of drug-likeness (QED) is 0.727. The van der Waals surface area contributed by atoms with Crippen LogP contribution in [0.15, 0.2) is 48.8 Å². The minimum absolute atomic E-state index is 0.0527. The molecule has 0 amide bonds. The molecule has 1 aromatic heterocycles. The molecule has 2 aromatic carbocycles. The van der Waals surface area contributed by atoms with E-state index in [1.165, 1.54) is 12.1 Å². The summed E-state index contributed by atoms with van der Waals surface area (Å²) < 4.78 is 19.5. The highest BCUT2D eigenvalue weighted by Gasteiger charge is 2.10. The number of ether oxygens (including phenoxy) is 1. The number of benzene rings is 2. The third-order valence-corrected chi connectivity index (χ3v) is 3.09. The van der Waals surface area contributed by atoms with E-state index in [1.807, 2.05) is 6.07 Å². The van der Waals surface area contributed by atoms with Crippen molar-refractivity contribution >= 4 is 16.5 Å². The van der Waals surface area contributed by atoms with E-state index < -0.39 is 5.82 Å². The molecule has 0 spiro atoms. The van der Waals surface area contributed by atoms with Gasteiger partial charge in [0.05, 0.1) is 11.6 Å². The molecule has 21 heavy (non-hydrogen) atoms. The van der Waals surface area contributed by atoms with Crippen LogP contribution in [0.2, 0.25) is 0 Å². The van der Waals surface area contributed by atoms with Crippen molar-refractivity contribution in [3.8, 4) is 17.6 Å². The molecule has 102 valence electrons. The summed E-state index contributed by atoms with van der Waals surface area (Å²) in [6.45, 7) is 0. The lowest BCUT2D eigenvalue weighted by molar-refractivity contribution is 0.446. The molecule has 0 fully saturated rings. The molecule has 2 N–H and O–H groups in total. The number of halogens is 1. The zero-order chi connectivity index (χ0) is 14.8. The number of rotatable bonds is 2. The minimum Gasteiger partial charge on any atom is -0.454 e. The lowest BCUT2D eigenvalue weighted by Crippen LogP contribution is -1.93. The standard InChI is InChI=1S/C16H10FN3O/c17-13-7-10(8-18)1-3-16(13)21-15-4-2-14(19)12-9-20-6-5-11(12)15/h1-7,9H,19H2. The van der Waals surface area contributed by atoms with E-state index in [1.54, 1.807) is 30.6 Å². The molecule has 0 radical (unpaired) electrons. The van der Waals surface area contributed by atoms with Gasteiger partial charge in [0.2, 0.25) is 0 Å². The number of fused-ring (bicyclic) bond motifs is 1. The van der Waals surface area contributed by atoms with Gasteiger partial charge < -0.3 is 10.5 Å². The molecule has 0 bridgehead atoms. The van der Waals surface area contributed by atoms with Crippen molar-refractivity contribution in [2.45, 2.75) is 0 Å². The fraction of sp³-hybridized carbons (Fsp3) is 0. The predicted octanol–water partition coefficient (Wildman–Crippen LogP) is 3.62. The fourth-order valence-electron chi connectivity index (χ4n) is 2.05. The van der Waals surface area contributed by atoms with Crippen molar-refractivity contribution in [3.63, 3.8) is 0 Å². The van der Waals surface area contributed by atoms with E-state index >= 15 is 0 Å². The van der Waals surface area contributed by atoms with E-state index in [0.717, 1.165) is 16.8 Å². The third kappa shape index (κ3) is 2.35. The van der Waals surface area contributed by atoms with E-state index in [4.69, 9.17) is 15.7 Å². The maximum Gasteiger partial charge on any atom is 0.167 e. The second kappa shape index (κ2) is 5.10. The summed E-state index contributed by atoms with van der Waals surface area (Å²) in [6, 6.07) is 11.0. The second-order valence-electron chi connectivity index (χ2n) is 4.43. The van der Waals surface area contributed by atoms with Gasteiger partial charge in [0, 0.05) is 28.9 Å². The normalized spacial score (nSPS) is 10.3. The first kappa shape index (κ1) is 12.9. The molecule has 5 heteroatoms. The molecule has 0 unspecified atom stereocenters. The van der Waals surface area contributed by atoms with Crippen LogP contribution in [0.5, 0.6) is 11.5 Å². The van der Waals surface area contributed by atoms with Crippen LogP contribution in [0, 0.1) is 17.1 Å². The topological polar surface area (TPSA) is 71.9 Å². The summed E-state index contributed by atoms with van der Waals surface area (Å²) in [4.78, 5) is 4.02. The number of hydrogen-bond donors (Lipinski definition) is 1. The number of hydrogen-bond acceptors (Lipinski definition) is 4. The van der Waals surface area contributed by atoms with Crippen molar-refractivity contribution in [3.05, 3.63) is 60.2 Å². The van der Waals surface area contributed by atoms with Gasteiger partial charge in [-0.3, -0.25) is 4.98 Å². The van der Waals surface area contributed by atoms with Crippen LogP contribution < -0.4 is 10.5 Å². The van der Waals surface area contributed by atoms with Gasteiger partial charge >= 0.3 is 0 Å². The Labute approximate surface area is 120 Å². The van der Waals surface area contributed by atoms with Gasteiger partial charge in [0.1, 0.15) is 5.75 Å². The van der Waals surface area contributed by atoms with Gasteiger partial charge in [-0.15, -0.1) is 0 Å². The summed E-state index contributed by atoms with van der Waals surface area (Å²) >= 11 is 0. The molecule has 0 aliphatic heterocycles. The Morgan fingerprint density at radius 2 is 1.90 bits per heavy atom. The van der Waals surface area contributed by atoms with Gasteiger partial charge in [0.25, 0.3) is 0 Å². The number of pyridine rings is 1. The van der Waals surface area contributed by atoms with Crippen LogP contribution in [0.25, 0.3) is 10.8 Å². The Morgan fingerprint density at radius 1 is 1.10 bits per heavy atom. The van der Waals surface area contributed by atoms with Crippen molar-refractivity contribution in [1.29, 1.82) is 5.26 Å². The Balaban J connectivity index is 2.07. The zero-order valence-electron chi connectivity index (χ0n) is 10.9. The predicted molar refractivity (Wildman–Crippen MR) is 77.3 cm³/mol. The number of nitrogens with zero attached hydrogens (tertiary/aromatic N) is 2. The highest BCUT2D eigenvalue weighted by Crippen LogP contribution is 2.33. The Morgan fingerprint density at radius 3 is 2.67 bits per heavy atom. The molecular weight excluding hydrogens is 269 g/mol. The smallest absolute Gasteiger partial charge is 0.167 e. The van der Waals surface area contributed by atoms with Gasteiger partial charge in [-0.1, -0.05) is 0 Å². The summed E-state index contributed by atoms with van der Waals surface area (Å²) in [6.07, 6.45) is 3.25. The van der Waals surface area contributed by atoms with Crippen LogP contribution in [0.4, 0.5) is 10.1 Å². The number of anilines is 1.